The van der Waals surface area contributed by atoms with E-state index in [2.05, 4.69) is 35.2 Å². The van der Waals surface area contributed by atoms with Crippen LogP contribution < -0.4 is 0 Å². The van der Waals surface area contributed by atoms with E-state index < -0.39 is 0 Å². The molecule has 0 bridgehead atoms. The van der Waals surface area contributed by atoms with E-state index in [0.29, 0.717) is 30.8 Å². The first-order valence-electron chi connectivity index (χ1n) is 9.73. The molecule has 25 heavy (non-hydrogen) atoms. The minimum Gasteiger partial charge on any atom is -0.381 e. The van der Waals surface area contributed by atoms with Crippen LogP contribution in [0.25, 0.3) is 0 Å². The molecule has 1 heterocycles. The topological polar surface area (TPSA) is 38.8 Å². The number of hydrogen-bond donors (Lipinski definition) is 0. The Bertz CT molecular complexity index is 584. The molecule has 1 aromatic rings. The van der Waals surface area contributed by atoms with Crippen LogP contribution in [0, 0.1) is 5.92 Å². The lowest BCUT2D eigenvalue weighted by Gasteiger charge is -2.46. The number of fused-ring (bicyclic) bond motifs is 1. The number of carbonyl (C=O) groups is 1. The van der Waals surface area contributed by atoms with Gasteiger partial charge in [-0.15, -0.1) is 0 Å². The van der Waals surface area contributed by atoms with Crippen molar-refractivity contribution < 1.29 is 14.3 Å². The third kappa shape index (κ3) is 3.61. The molecule has 1 amide bonds. The molecule has 4 heteroatoms. The van der Waals surface area contributed by atoms with E-state index in [4.69, 9.17) is 9.47 Å². The molecule has 0 aromatic heterocycles. The Hall–Kier alpha value is -1.39. The fraction of sp³-hybridized carbons (Fsp3) is 0.667. The van der Waals surface area contributed by atoms with E-state index in [1.54, 1.807) is 7.11 Å². The van der Waals surface area contributed by atoms with Gasteiger partial charge in [0.25, 0.3) is 0 Å². The summed E-state index contributed by atoms with van der Waals surface area (Å²) in [7, 11) is 1.78. The lowest BCUT2D eigenvalue weighted by molar-refractivity contribution is -0.156. The van der Waals surface area contributed by atoms with Crippen LogP contribution in [0.3, 0.4) is 0 Å². The van der Waals surface area contributed by atoms with E-state index in [1.165, 1.54) is 5.56 Å². The Labute approximate surface area is 150 Å². The Morgan fingerprint density at radius 3 is 2.76 bits per heavy atom. The van der Waals surface area contributed by atoms with Crippen LogP contribution in [0.1, 0.15) is 50.0 Å². The summed E-state index contributed by atoms with van der Waals surface area (Å²) in [6.07, 6.45) is 6.44. The molecule has 3 fully saturated rings. The number of morpholine rings is 1. The Morgan fingerprint density at radius 2 is 2.00 bits per heavy atom. The van der Waals surface area contributed by atoms with Crippen LogP contribution in [-0.4, -0.2) is 49.3 Å². The Balaban J connectivity index is 1.32. The summed E-state index contributed by atoms with van der Waals surface area (Å²) in [5, 5.41) is 0. The maximum Gasteiger partial charge on any atom is 0.223 e. The molecule has 0 N–H and O–H groups in total. The zero-order chi connectivity index (χ0) is 17.2. The molecule has 3 atom stereocenters. The predicted molar refractivity (Wildman–Crippen MR) is 96.4 cm³/mol. The molecule has 1 aliphatic heterocycles. The molecule has 0 radical (unpaired) electrons. The number of amides is 1. The number of benzene rings is 1. The largest absolute Gasteiger partial charge is 0.381 e. The molecule has 2 saturated carbocycles. The Morgan fingerprint density at radius 1 is 1.20 bits per heavy atom. The number of methoxy groups -OCH3 is 1. The monoisotopic (exact) mass is 343 g/mol. The highest BCUT2D eigenvalue weighted by molar-refractivity contribution is 5.77. The zero-order valence-electron chi connectivity index (χ0n) is 15.1. The summed E-state index contributed by atoms with van der Waals surface area (Å²) in [5.74, 6) is 1.51. The van der Waals surface area contributed by atoms with Gasteiger partial charge in [-0.2, -0.15) is 0 Å². The van der Waals surface area contributed by atoms with Crippen LogP contribution in [0.2, 0.25) is 0 Å². The normalized spacial score (nSPS) is 34.9. The number of hydrogen-bond acceptors (Lipinski definition) is 3. The maximum absolute atomic E-state index is 12.9. The number of carbonyl (C=O) groups excluding carboxylic acids is 1. The fourth-order valence-electron chi connectivity index (χ4n) is 4.86. The first-order chi connectivity index (χ1) is 12.2. The van der Waals surface area contributed by atoms with E-state index >= 15 is 0 Å². The predicted octanol–water partition coefficient (Wildman–Crippen LogP) is 3.37. The van der Waals surface area contributed by atoms with Gasteiger partial charge in [-0.25, -0.2) is 0 Å². The van der Waals surface area contributed by atoms with Crippen molar-refractivity contribution in [3.8, 4) is 0 Å². The standard InChI is InChI=1S/C21H29NO3/c1-24-18-7-8-20-19(14-18)22(9-10-25-20)21(23)13-15-11-17(12-15)16-5-3-2-4-6-16/h2-6,15,17-20H,7-14H2,1H3/t15?,17?,18-,19+,20-/m1/s1. The quantitative estimate of drug-likeness (QED) is 0.841. The molecule has 0 spiro atoms. The molecule has 4 nitrogen and oxygen atoms in total. The average molecular weight is 343 g/mol. The smallest absolute Gasteiger partial charge is 0.223 e. The van der Waals surface area contributed by atoms with Crippen LogP contribution in [-0.2, 0) is 14.3 Å². The summed E-state index contributed by atoms with van der Waals surface area (Å²) in [4.78, 5) is 15.0. The molecule has 0 unspecified atom stereocenters. The van der Waals surface area contributed by atoms with E-state index in [0.717, 1.165) is 38.6 Å². The van der Waals surface area contributed by atoms with Gasteiger partial charge in [-0.3, -0.25) is 4.79 Å². The third-order valence-electron chi connectivity index (χ3n) is 6.39. The molecule has 4 rings (SSSR count). The van der Waals surface area contributed by atoms with Crippen LogP contribution >= 0.6 is 0 Å². The Kier molecular flexibility index (Phi) is 5.09. The van der Waals surface area contributed by atoms with Gasteiger partial charge in [0, 0.05) is 20.1 Å². The SMILES string of the molecule is CO[C@@H]1CC[C@H]2OCCN(C(=O)CC3CC(c4ccccc4)C3)[C@H]2C1. The van der Waals surface area contributed by atoms with E-state index in [1.807, 2.05) is 0 Å². The van der Waals surface area contributed by atoms with Crippen LogP contribution in [0.4, 0.5) is 0 Å². The highest BCUT2D eigenvalue weighted by atomic mass is 16.5. The number of rotatable bonds is 4. The second-order valence-corrected chi connectivity index (χ2v) is 7.88. The van der Waals surface area contributed by atoms with Crippen molar-refractivity contribution in [3.05, 3.63) is 35.9 Å². The van der Waals surface area contributed by atoms with Crippen LogP contribution in [0.5, 0.6) is 0 Å². The minimum atomic E-state index is 0.211. The minimum absolute atomic E-state index is 0.211. The molecule has 1 aromatic carbocycles. The fourth-order valence-corrected chi connectivity index (χ4v) is 4.86. The van der Waals surface area contributed by atoms with Crippen molar-refractivity contribution in [1.82, 2.24) is 4.90 Å². The molecular formula is C21H29NO3. The lowest BCUT2D eigenvalue weighted by atomic mass is 9.70. The summed E-state index contributed by atoms with van der Waals surface area (Å²) in [6.45, 7) is 1.42. The molecule has 3 aliphatic rings. The van der Waals surface area contributed by atoms with Crippen molar-refractivity contribution in [3.63, 3.8) is 0 Å². The van der Waals surface area contributed by atoms with Crippen LogP contribution in [0.15, 0.2) is 30.3 Å². The van der Waals surface area contributed by atoms with Crippen molar-refractivity contribution in [2.45, 2.75) is 62.7 Å². The number of nitrogens with zero attached hydrogens (tertiary/aromatic N) is 1. The number of ether oxygens (including phenoxy) is 2. The summed E-state index contributed by atoms with van der Waals surface area (Å²) >= 11 is 0. The van der Waals surface area contributed by atoms with E-state index in [9.17, 15) is 4.79 Å². The van der Waals surface area contributed by atoms with Crippen molar-refractivity contribution >= 4 is 5.91 Å². The first-order valence-corrected chi connectivity index (χ1v) is 9.73. The maximum atomic E-state index is 12.9. The van der Waals surface area contributed by atoms with Gasteiger partial charge in [0.15, 0.2) is 0 Å². The van der Waals surface area contributed by atoms with Gasteiger partial charge in [-0.1, -0.05) is 30.3 Å². The zero-order valence-corrected chi connectivity index (χ0v) is 15.1. The molecule has 1 saturated heterocycles. The first kappa shape index (κ1) is 17.0. The summed E-state index contributed by atoms with van der Waals surface area (Å²) in [5.41, 5.74) is 1.42. The molecule has 2 aliphatic carbocycles. The lowest BCUT2D eigenvalue weighted by Crippen LogP contribution is -2.57. The highest BCUT2D eigenvalue weighted by Crippen LogP contribution is 2.43. The molecule has 136 valence electrons. The van der Waals surface area contributed by atoms with Gasteiger partial charge >= 0.3 is 0 Å². The van der Waals surface area contributed by atoms with Gasteiger partial charge in [0.2, 0.25) is 5.91 Å². The average Bonchev–Trinajstić information content (AvgIpc) is 2.63. The third-order valence-corrected chi connectivity index (χ3v) is 6.39. The van der Waals surface area contributed by atoms with Crippen molar-refractivity contribution in [2.75, 3.05) is 20.3 Å². The van der Waals surface area contributed by atoms with Gasteiger partial charge in [0.05, 0.1) is 24.9 Å². The van der Waals surface area contributed by atoms with Crippen molar-refractivity contribution in [2.24, 2.45) is 5.92 Å². The second kappa shape index (κ2) is 7.46. The summed E-state index contributed by atoms with van der Waals surface area (Å²) in [6, 6.07) is 10.9. The second-order valence-electron chi connectivity index (χ2n) is 7.88. The van der Waals surface area contributed by atoms with E-state index in [-0.39, 0.29) is 18.2 Å². The summed E-state index contributed by atoms with van der Waals surface area (Å²) < 4.78 is 11.5. The highest BCUT2D eigenvalue weighted by Gasteiger charge is 2.41. The van der Waals surface area contributed by atoms with Gasteiger partial charge in [0.1, 0.15) is 0 Å². The van der Waals surface area contributed by atoms with Gasteiger partial charge in [-0.05, 0) is 49.5 Å². The molecular weight excluding hydrogens is 314 g/mol. The van der Waals surface area contributed by atoms with Crippen molar-refractivity contribution in [1.29, 1.82) is 0 Å². The van der Waals surface area contributed by atoms with Gasteiger partial charge < -0.3 is 14.4 Å².